The first kappa shape index (κ1) is 14.7. The molecule has 1 heterocycles. The van der Waals surface area contributed by atoms with Crippen LogP contribution in [0, 0.1) is 5.41 Å². The Morgan fingerprint density at radius 3 is 2.33 bits per heavy atom. The van der Waals surface area contributed by atoms with Gasteiger partial charge in [-0.1, -0.05) is 66.7 Å². The van der Waals surface area contributed by atoms with E-state index < -0.39 is 0 Å². The van der Waals surface area contributed by atoms with Crippen molar-refractivity contribution in [2.24, 2.45) is 0 Å². The lowest BCUT2D eigenvalue weighted by Gasteiger charge is -2.09. The van der Waals surface area contributed by atoms with E-state index in [4.69, 9.17) is 11.1 Å². The first-order chi connectivity index (χ1) is 11.7. The van der Waals surface area contributed by atoms with Crippen molar-refractivity contribution >= 4 is 32.8 Å². The molecule has 4 rings (SSSR count). The lowest BCUT2D eigenvalue weighted by atomic mass is 9.96. The smallest absolute Gasteiger partial charge is 0.0951 e. The summed E-state index contributed by atoms with van der Waals surface area (Å²) in [6, 6.07) is 24.8. The molecule has 24 heavy (non-hydrogen) atoms. The Kier molecular flexibility index (Phi) is 3.63. The zero-order valence-electron chi connectivity index (χ0n) is 13.0. The Hall–Kier alpha value is -2.91. The Balaban J connectivity index is 1.74. The molecule has 3 N–H and O–H groups in total. The second kappa shape index (κ2) is 5.95. The molecule has 0 aliphatic carbocycles. The highest BCUT2D eigenvalue weighted by Gasteiger charge is 2.10. The Morgan fingerprint density at radius 2 is 1.58 bits per heavy atom. The summed E-state index contributed by atoms with van der Waals surface area (Å²) >= 11 is 1.47. The van der Waals surface area contributed by atoms with Gasteiger partial charge in [0.05, 0.1) is 10.7 Å². The molecule has 1 aromatic heterocycles. The average Bonchev–Trinajstić information content (AvgIpc) is 3.07. The second-order valence-corrected chi connectivity index (χ2v) is 6.63. The van der Waals surface area contributed by atoms with E-state index in [1.54, 1.807) is 0 Å². The average molecular weight is 328 g/mol. The number of anilines is 1. The number of nitrogens with two attached hydrogens (primary N) is 1. The molecule has 0 amide bonds. The standard InChI is InChI=1S/C21H16N2S/c22-20(19-12-13-24-21(19)23)16-10-8-15(9-11-16)18-7-3-5-14-4-1-2-6-17(14)18/h1-13,22H,23H2. The van der Waals surface area contributed by atoms with Gasteiger partial charge in [-0.05, 0) is 33.3 Å². The second-order valence-electron chi connectivity index (χ2n) is 5.68. The minimum atomic E-state index is 0.471. The van der Waals surface area contributed by atoms with Gasteiger partial charge in [0.15, 0.2) is 0 Å². The third-order valence-corrected chi connectivity index (χ3v) is 4.98. The molecular weight excluding hydrogens is 312 g/mol. The van der Waals surface area contributed by atoms with Crippen molar-refractivity contribution < 1.29 is 0 Å². The molecule has 116 valence electrons. The van der Waals surface area contributed by atoms with Crippen molar-refractivity contribution in [3.05, 3.63) is 89.3 Å². The van der Waals surface area contributed by atoms with Crippen molar-refractivity contribution in [2.45, 2.75) is 0 Å². The molecule has 0 saturated heterocycles. The van der Waals surface area contributed by atoms with Crippen LogP contribution in [0.2, 0.25) is 0 Å². The van der Waals surface area contributed by atoms with Crippen LogP contribution in [0.1, 0.15) is 11.1 Å². The minimum Gasteiger partial charge on any atom is -0.390 e. The number of fused-ring (bicyclic) bond motifs is 1. The fourth-order valence-corrected chi connectivity index (χ4v) is 3.62. The summed E-state index contributed by atoms with van der Waals surface area (Å²) in [7, 11) is 0. The lowest BCUT2D eigenvalue weighted by Crippen LogP contribution is -2.02. The monoisotopic (exact) mass is 328 g/mol. The quantitative estimate of drug-likeness (QED) is 0.475. The molecule has 0 fully saturated rings. The van der Waals surface area contributed by atoms with Gasteiger partial charge in [0.2, 0.25) is 0 Å². The maximum absolute atomic E-state index is 8.36. The van der Waals surface area contributed by atoms with E-state index in [-0.39, 0.29) is 0 Å². The van der Waals surface area contributed by atoms with Crippen molar-refractivity contribution in [3.63, 3.8) is 0 Å². The molecule has 0 aliphatic rings. The van der Waals surface area contributed by atoms with Gasteiger partial charge in [0.1, 0.15) is 0 Å². The Bertz CT molecular complexity index is 1020. The van der Waals surface area contributed by atoms with Gasteiger partial charge in [0, 0.05) is 11.1 Å². The number of nitrogens with one attached hydrogen (secondary N) is 1. The van der Waals surface area contributed by atoms with E-state index in [0.29, 0.717) is 10.7 Å². The van der Waals surface area contributed by atoms with Gasteiger partial charge in [-0.25, -0.2) is 0 Å². The molecule has 0 spiro atoms. The van der Waals surface area contributed by atoms with E-state index >= 15 is 0 Å². The predicted octanol–water partition coefficient (Wildman–Crippen LogP) is 5.57. The summed E-state index contributed by atoms with van der Waals surface area (Å²) in [4.78, 5) is 0. The molecule has 0 saturated carbocycles. The third kappa shape index (κ3) is 2.49. The number of nitrogen functional groups attached to an aromatic ring is 1. The highest BCUT2D eigenvalue weighted by atomic mass is 32.1. The number of benzene rings is 3. The highest BCUT2D eigenvalue weighted by Crippen LogP contribution is 2.29. The van der Waals surface area contributed by atoms with E-state index in [1.165, 1.54) is 27.7 Å². The normalized spacial score (nSPS) is 10.8. The van der Waals surface area contributed by atoms with Crippen molar-refractivity contribution in [1.82, 2.24) is 0 Å². The van der Waals surface area contributed by atoms with Crippen LogP contribution in [-0.2, 0) is 0 Å². The maximum atomic E-state index is 8.36. The van der Waals surface area contributed by atoms with Gasteiger partial charge < -0.3 is 5.73 Å². The number of hydrogen-bond donors (Lipinski definition) is 2. The molecule has 3 heteroatoms. The molecule has 0 radical (unpaired) electrons. The topological polar surface area (TPSA) is 49.9 Å². The maximum Gasteiger partial charge on any atom is 0.0951 e. The van der Waals surface area contributed by atoms with Crippen LogP contribution in [0.15, 0.2) is 78.2 Å². The molecule has 0 unspecified atom stereocenters. The van der Waals surface area contributed by atoms with Gasteiger partial charge in [-0.2, -0.15) is 0 Å². The van der Waals surface area contributed by atoms with Crippen LogP contribution in [0.3, 0.4) is 0 Å². The van der Waals surface area contributed by atoms with Crippen LogP contribution in [0.5, 0.6) is 0 Å². The first-order valence-electron chi connectivity index (χ1n) is 7.74. The fraction of sp³-hybridized carbons (Fsp3) is 0. The van der Waals surface area contributed by atoms with Crippen LogP contribution in [0.4, 0.5) is 5.00 Å². The number of hydrogen-bond acceptors (Lipinski definition) is 3. The summed E-state index contributed by atoms with van der Waals surface area (Å²) in [6.45, 7) is 0. The fourth-order valence-electron chi connectivity index (χ4n) is 2.98. The predicted molar refractivity (Wildman–Crippen MR) is 104 cm³/mol. The zero-order valence-corrected chi connectivity index (χ0v) is 13.8. The van der Waals surface area contributed by atoms with Crippen LogP contribution >= 0.6 is 11.3 Å². The first-order valence-corrected chi connectivity index (χ1v) is 8.62. The summed E-state index contributed by atoms with van der Waals surface area (Å²) in [6.07, 6.45) is 0. The summed E-state index contributed by atoms with van der Waals surface area (Å²) in [5, 5.41) is 13.4. The van der Waals surface area contributed by atoms with E-state index in [1.807, 2.05) is 23.6 Å². The van der Waals surface area contributed by atoms with Crippen LogP contribution < -0.4 is 5.73 Å². The minimum absolute atomic E-state index is 0.471. The number of rotatable bonds is 3. The van der Waals surface area contributed by atoms with Crippen molar-refractivity contribution in [2.75, 3.05) is 5.73 Å². The van der Waals surface area contributed by atoms with E-state index in [2.05, 4.69) is 54.6 Å². The zero-order chi connectivity index (χ0) is 16.5. The SMILES string of the molecule is N=C(c1ccc(-c2cccc3ccccc23)cc1)c1ccsc1N. The molecule has 0 atom stereocenters. The van der Waals surface area contributed by atoms with Crippen molar-refractivity contribution in [3.8, 4) is 11.1 Å². The molecule has 4 aromatic rings. The van der Waals surface area contributed by atoms with Crippen LogP contribution in [-0.4, -0.2) is 5.71 Å². The highest BCUT2D eigenvalue weighted by molar-refractivity contribution is 7.14. The Morgan fingerprint density at radius 1 is 0.833 bits per heavy atom. The van der Waals surface area contributed by atoms with E-state index in [9.17, 15) is 0 Å². The lowest BCUT2D eigenvalue weighted by molar-refractivity contribution is 1.47. The third-order valence-electron chi connectivity index (χ3n) is 4.24. The Labute approximate surface area is 144 Å². The van der Waals surface area contributed by atoms with Crippen molar-refractivity contribution in [1.29, 1.82) is 5.41 Å². The van der Waals surface area contributed by atoms with E-state index in [0.717, 1.165) is 16.7 Å². The van der Waals surface area contributed by atoms with Gasteiger partial charge in [-0.3, -0.25) is 5.41 Å². The number of thiophene rings is 1. The molecule has 3 aromatic carbocycles. The molecule has 2 nitrogen and oxygen atoms in total. The molecule has 0 bridgehead atoms. The molecular formula is C21H16N2S. The van der Waals surface area contributed by atoms with Gasteiger partial charge in [0.25, 0.3) is 0 Å². The largest absolute Gasteiger partial charge is 0.390 e. The summed E-state index contributed by atoms with van der Waals surface area (Å²) in [5.74, 6) is 0. The van der Waals surface area contributed by atoms with Gasteiger partial charge in [-0.15, -0.1) is 11.3 Å². The summed E-state index contributed by atoms with van der Waals surface area (Å²) in [5.41, 5.74) is 10.5. The van der Waals surface area contributed by atoms with Gasteiger partial charge >= 0.3 is 0 Å². The molecule has 0 aliphatic heterocycles. The summed E-state index contributed by atoms with van der Waals surface area (Å²) < 4.78 is 0. The van der Waals surface area contributed by atoms with Crippen LogP contribution in [0.25, 0.3) is 21.9 Å².